The van der Waals surface area contributed by atoms with Gasteiger partial charge in [-0.15, -0.1) is 0 Å². The molecule has 31 heavy (non-hydrogen) atoms. The number of aromatic nitrogens is 1. The molecule has 1 saturated heterocycles. The van der Waals surface area contributed by atoms with E-state index in [2.05, 4.69) is 85.2 Å². The van der Waals surface area contributed by atoms with Crippen molar-refractivity contribution in [2.75, 3.05) is 37.1 Å². The summed E-state index contributed by atoms with van der Waals surface area (Å²) in [7, 11) is -0.382. The molecule has 0 atom stereocenters. The molecule has 1 aromatic heterocycles. The SMILES string of the molecule is Cc1c(CN2CCS(C)(C)CC2)cc(-c2ccc(C(C)C)cc2)n1-c1ccc(Cl)cc1. The van der Waals surface area contributed by atoms with Crippen LogP contribution in [0.4, 0.5) is 0 Å². The van der Waals surface area contributed by atoms with E-state index in [-0.39, 0.29) is 10.0 Å². The average molecular weight is 455 g/mol. The van der Waals surface area contributed by atoms with Crippen molar-refractivity contribution in [2.24, 2.45) is 0 Å². The van der Waals surface area contributed by atoms with Gasteiger partial charge in [0, 0.05) is 36.0 Å². The zero-order chi connectivity index (χ0) is 22.2. The maximum absolute atomic E-state index is 6.19. The molecule has 1 fully saturated rings. The minimum Gasteiger partial charge on any atom is -0.314 e. The van der Waals surface area contributed by atoms with Crippen LogP contribution in [0.5, 0.6) is 0 Å². The van der Waals surface area contributed by atoms with Crippen molar-refractivity contribution >= 4 is 21.6 Å². The van der Waals surface area contributed by atoms with Crippen LogP contribution in [0, 0.1) is 6.92 Å². The first-order chi connectivity index (χ1) is 14.7. The zero-order valence-electron chi connectivity index (χ0n) is 19.5. The van der Waals surface area contributed by atoms with Gasteiger partial charge < -0.3 is 4.57 Å². The Kier molecular flexibility index (Phi) is 6.57. The van der Waals surface area contributed by atoms with E-state index in [1.165, 1.54) is 58.4 Å². The average Bonchev–Trinajstić information content (AvgIpc) is 3.06. The third kappa shape index (κ3) is 5.05. The highest BCUT2D eigenvalue weighted by atomic mass is 35.5. The fourth-order valence-corrected chi connectivity index (χ4v) is 6.19. The van der Waals surface area contributed by atoms with E-state index in [4.69, 9.17) is 11.6 Å². The first-order valence-electron chi connectivity index (χ1n) is 11.2. The smallest absolute Gasteiger partial charge is 0.0534 e. The summed E-state index contributed by atoms with van der Waals surface area (Å²) in [5.74, 6) is 3.25. The molecule has 2 heterocycles. The topological polar surface area (TPSA) is 8.17 Å². The summed E-state index contributed by atoms with van der Waals surface area (Å²) in [6, 6.07) is 19.7. The molecular weight excluding hydrogens is 420 g/mol. The Labute approximate surface area is 194 Å². The molecule has 0 amide bonds. The highest BCUT2D eigenvalue weighted by Crippen LogP contribution is 2.42. The normalized spacial score (nSPS) is 17.8. The molecule has 0 saturated carbocycles. The van der Waals surface area contributed by atoms with Crippen LogP contribution >= 0.6 is 21.6 Å². The quantitative estimate of drug-likeness (QED) is 0.398. The van der Waals surface area contributed by atoms with Gasteiger partial charge in [-0.05, 0) is 83.9 Å². The number of rotatable bonds is 5. The van der Waals surface area contributed by atoms with E-state index in [1.807, 2.05) is 12.1 Å². The van der Waals surface area contributed by atoms with Crippen molar-refractivity contribution < 1.29 is 0 Å². The Bertz CT molecular complexity index is 1020. The van der Waals surface area contributed by atoms with Gasteiger partial charge in [0.15, 0.2) is 0 Å². The second-order valence-electron chi connectivity index (χ2n) is 9.68. The third-order valence-corrected chi connectivity index (χ3v) is 9.45. The lowest BCUT2D eigenvalue weighted by Crippen LogP contribution is -2.37. The van der Waals surface area contributed by atoms with Gasteiger partial charge in [-0.3, -0.25) is 4.90 Å². The number of nitrogens with zero attached hydrogens (tertiary/aromatic N) is 2. The highest BCUT2D eigenvalue weighted by molar-refractivity contribution is 8.32. The fourth-order valence-electron chi connectivity index (χ4n) is 4.36. The van der Waals surface area contributed by atoms with Gasteiger partial charge in [-0.1, -0.05) is 49.7 Å². The van der Waals surface area contributed by atoms with Crippen molar-refractivity contribution in [2.45, 2.75) is 33.2 Å². The van der Waals surface area contributed by atoms with E-state index in [9.17, 15) is 0 Å². The monoisotopic (exact) mass is 454 g/mol. The van der Waals surface area contributed by atoms with Crippen LogP contribution in [0.15, 0.2) is 54.6 Å². The number of hydrogen-bond donors (Lipinski definition) is 0. The van der Waals surface area contributed by atoms with Gasteiger partial charge in [0.2, 0.25) is 0 Å². The summed E-state index contributed by atoms with van der Waals surface area (Å²) in [5.41, 5.74) is 7.81. The summed E-state index contributed by atoms with van der Waals surface area (Å²) in [6.45, 7) is 10.2. The Balaban J connectivity index is 1.72. The molecule has 3 aromatic rings. The van der Waals surface area contributed by atoms with Gasteiger partial charge in [0.25, 0.3) is 0 Å². The standard InChI is InChI=1S/C27H35ClN2S/c1-20(2)22-6-8-23(9-7-22)27-18-24(19-29-14-16-31(4,5)17-15-29)21(3)30(27)26-12-10-25(28)11-13-26/h6-13,18,20H,14-17,19H2,1-5H3. The minimum absolute atomic E-state index is 0.382. The van der Waals surface area contributed by atoms with Gasteiger partial charge >= 0.3 is 0 Å². The summed E-state index contributed by atoms with van der Waals surface area (Å²) < 4.78 is 2.40. The van der Waals surface area contributed by atoms with Crippen LogP contribution < -0.4 is 0 Å². The molecule has 0 bridgehead atoms. The van der Waals surface area contributed by atoms with Crippen LogP contribution in [-0.2, 0) is 6.54 Å². The molecule has 0 spiro atoms. The Morgan fingerprint density at radius 3 is 2.13 bits per heavy atom. The molecule has 0 unspecified atom stereocenters. The molecule has 166 valence electrons. The van der Waals surface area contributed by atoms with E-state index < -0.39 is 0 Å². The maximum Gasteiger partial charge on any atom is 0.0534 e. The van der Waals surface area contributed by atoms with Crippen molar-refractivity contribution in [1.29, 1.82) is 0 Å². The van der Waals surface area contributed by atoms with Crippen molar-refractivity contribution in [1.82, 2.24) is 9.47 Å². The lowest BCUT2D eigenvalue weighted by Gasteiger charge is -2.41. The molecule has 1 aliphatic heterocycles. The predicted octanol–water partition coefficient (Wildman–Crippen LogP) is 7.11. The Hall–Kier alpha value is -1.68. The van der Waals surface area contributed by atoms with Crippen LogP contribution in [0.2, 0.25) is 5.02 Å². The molecule has 0 aliphatic carbocycles. The Morgan fingerprint density at radius 1 is 0.935 bits per heavy atom. The molecule has 1 aliphatic rings. The second kappa shape index (κ2) is 9.05. The lowest BCUT2D eigenvalue weighted by molar-refractivity contribution is 0.292. The van der Waals surface area contributed by atoms with Crippen LogP contribution in [0.3, 0.4) is 0 Å². The van der Waals surface area contributed by atoms with Crippen LogP contribution in [0.25, 0.3) is 16.9 Å². The molecular formula is C27H35ClN2S. The third-order valence-electron chi connectivity index (χ3n) is 6.62. The van der Waals surface area contributed by atoms with E-state index in [0.29, 0.717) is 5.92 Å². The fraction of sp³-hybridized carbons (Fsp3) is 0.407. The van der Waals surface area contributed by atoms with E-state index in [1.54, 1.807) is 0 Å². The van der Waals surface area contributed by atoms with Gasteiger partial charge in [0.1, 0.15) is 0 Å². The van der Waals surface area contributed by atoms with Crippen LogP contribution in [0.1, 0.15) is 36.6 Å². The summed E-state index contributed by atoms with van der Waals surface area (Å²) in [6.07, 6.45) is 4.96. The van der Waals surface area contributed by atoms with Gasteiger partial charge in [-0.2, -0.15) is 0 Å². The van der Waals surface area contributed by atoms with Gasteiger partial charge in [0.05, 0.1) is 5.69 Å². The maximum atomic E-state index is 6.19. The number of halogens is 1. The lowest BCUT2D eigenvalue weighted by atomic mass is 10.0. The predicted molar refractivity (Wildman–Crippen MR) is 139 cm³/mol. The van der Waals surface area contributed by atoms with Gasteiger partial charge in [-0.25, -0.2) is 10.0 Å². The summed E-state index contributed by atoms with van der Waals surface area (Å²) in [5, 5.41) is 0.773. The molecule has 0 N–H and O–H groups in total. The Morgan fingerprint density at radius 2 is 1.55 bits per heavy atom. The molecule has 2 aromatic carbocycles. The van der Waals surface area contributed by atoms with Crippen molar-refractivity contribution in [3.63, 3.8) is 0 Å². The number of hydrogen-bond acceptors (Lipinski definition) is 1. The second-order valence-corrected chi connectivity index (χ2v) is 14.5. The summed E-state index contributed by atoms with van der Waals surface area (Å²) in [4.78, 5) is 2.64. The summed E-state index contributed by atoms with van der Waals surface area (Å²) >= 11 is 6.19. The van der Waals surface area contributed by atoms with Crippen molar-refractivity contribution in [3.05, 3.63) is 76.4 Å². The highest BCUT2D eigenvalue weighted by Gasteiger charge is 2.23. The van der Waals surface area contributed by atoms with E-state index in [0.717, 1.165) is 11.6 Å². The molecule has 2 nitrogen and oxygen atoms in total. The molecule has 4 rings (SSSR count). The zero-order valence-corrected chi connectivity index (χ0v) is 21.1. The molecule has 0 radical (unpaired) electrons. The van der Waals surface area contributed by atoms with Crippen molar-refractivity contribution in [3.8, 4) is 16.9 Å². The minimum atomic E-state index is -0.382. The number of benzene rings is 2. The first-order valence-corrected chi connectivity index (χ1v) is 14.4. The van der Waals surface area contributed by atoms with Crippen LogP contribution in [-0.4, -0.2) is 46.6 Å². The first kappa shape index (κ1) is 22.5. The molecule has 4 heteroatoms. The largest absolute Gasteiger partial charge is 0.314 e. The van der Waals surface area contributed by atoms with E-state index >= 15 is 0 Å².